The number of anilines is 1. The molecule has 1 N–H and O–H groups in total. The molecule has 2 aromatic rings. The number of nitrogens with one attached hydrogen (secondary N) is 1. The Balaban J connectivity index is 2.78. The van der Waals surface area contributed by atoms with Crippen molar-refractivity contribution in [1.29, 1.82) is 0 Å². The number of non-ortho nitro benzene ring substituents is 1. The molecule has 1 atom stereocenters. The summed E-state index contributed by atoms with van der Waals surface area (Å²) in [6.07, 6.45) is -4.55. The van der Waals surface area contributed by atoms with Gasteiger partial charge in [-0.25, -0.2) is 4.68 Å². The molecule has 1 aromatic heterocycles. The summed E-state index contributed by atoms with van der Waals surface area (Å²) in [5, 5.41) is 17.8. The monoisotopic (exact) mass is 340 g/mol. The van der Waals surface area contributed by atoms with Crippen LogP contribution in [0.5, 0.6) is 0 Å². The topological polar surface area (TPSA) is 73.0 Å². The van der Waals surface area contributed by atoms with E-state index < -0.39 is 23.3 Å². The Hall–Kier alpha value is -1.60. The minimum Gasteiger partial charge on any atom is -0.350 e. The van der Waals surface area contributed by atoms with Crippen molar-refractivity contribution in [2.75, 3.05) is 11.8 Å². The van der Waals surface area contributed by atoms with E-state index in [1.807, 2.05) is 0 Å². The van der Waals surface area contributed by atoms with E-state index in [-0.39, 0.29) is 30.5 Å². The van der Waals surface area contributed by atoms with Gasteiger partial charge >= 0.3 is 6.18 Å². The number of nitrogens with zero attached hydrogens (tertiary/aromatic N) is 3. The average molecular weight is 341 g/mol. The van der Waals surface area contributed by atoms with E-state index in [9.17, 15) is 23.3 Å². The van der Waals surface area contributed by atoms with Gasteiger partial charge in [-0.3, -0.25) is 10.1 Å². The Kier molecular flexibility index (Phi) is 4.25. The summed E-state index contributed by atoms with van der Waals surface area (Å²) in [5.74, 6) is 0.101. The third-order valence-corrected chi connectivity index (χ3v) is 3.39. The fraction of sp³-hybridized carbons (Fsp3) is 0.300. The zero-order valence-electron chi connectivity index (χ0n) is 10.5. The Morgan fingerprint density at radius 2 is 2.19 bits per heavy atom. The largest absolute Gasteiger partial charge is 0.408 e. The van der Waals surface area contributed by atoms with E-state index in [1.54, 1.807) is 6.66 Å². The molecule has 0 fully saturated rings. The van der Waals surface area contributed by atoms with Gasteiger partial charge in [-0.1, -0.05) is 11.6 Å². The van der Waals surface area contributed by atoms with Crippen LogP contribution in [0.25, 0.3) is 10.9 Å². The Labute approximate surface area is 123 Å². The number of rotatable bonds is 4. The molecule has 0 radical (unpaired) electrons. The maximum absolute atomic E-state index is 12.6. The third kappa shape index (κ3) is 3.19. The Bertz CT molecular complexity index is 704. The minimum atomic E-state index is -4.55. The molecule has 2 rings (SSSR count). The van der Waals surface area contributed by atoms with Gasteiger partial charge in [0.1, 0.15) is 12.1 Å². The predicted octanol–water partition coefficient (Wildman–Crippen LogP) is 3.80. The van der Waals surface area contributed by atoms with Crippen LogP contribution in [0.4, 0.5) is 24.7 Å². The van der Waals surface area contributed by atoms with Gasteiger partial charge in [0.05, 0.1) is 15.3 Å². The molecule has 1 aromatic carbocycles. The fourth-order valence-corrected chi connectivity index (χ4v) is 2.55. The minimum absolute atomic E-state index is 0.101. The van der Waals surface area contributed by atoms with Gasteiger partial charge in [0.15, 0.2) is 5.82 Å². The number of hydrogen-bond acceptors (Lipinski definition) is 4. The molecule has 0 bridgehead atoms. The highest BCUT2D eigenvalue weighted by molar-refractivity contribution is 7.38. The standard InChI is InChI=1S/C10H9ClF3N4O2P/c1-21-16-9-7-5(11)2-3-6(18(19)20)8(7)17(15-9)4-10(12,13)14/h2-3,21H,4H2,1H3,(H,15,16). The van der Waals surface area contributed by atoms with Crippen molar-refractivity contribution >= 4 is 42.7 Å². The summed E-state index contributed by atoms with van der Waals surface area (Å²) in [6.45, 7) is 0.319. The number of aromatic nitrogens is 2. The highest BCUT2D eigenvalue weighted by atomic mass is 35.5. The van der Waals surface area contributed by atoms with Crippen LogP contribution in [-0.4, -0.2) is 27.5 Å². The lowest BCUT2D eigenvalue weighted by atomic mass is 10.2. The van der Waals surface area contributed by atoms with E-state index in [4.69, 9.17) is 11.6 Å². The highest BCUT2D eigenvalue weighted by Gasteiger charge is 2.32. The first kappa shape index (κ1) is 15.8. The summed E-state index contributed by atoms with van der Waals surface area (Å²) in [6, 6.07) is 2.34. The van der Waals surface area contributed by atoms with Gasteiger partial charge < -0.3 is 5.09 Å². The Morgan fingerprint density at radius 1 is 1.52 bits per heavy atom. The molecule has 0 aliphatic heterocycles. The lowest BCUT2D eigenvalue weighted by Gasteiger charge is -2.07. The third-order valence-electron chi connectivity index (χ3n) is 2.59. The van der Waals surface area contributed by atoms with Crippen molar-refractivity contribution in [3.05, 3.63) is 27.3 Å². The summed E-state index contributed by atoms with van der Waals surface area (Å²) in [5.41, 5.74) is -0.718. The van der Waals surface area contributed by atoms with Crippen LogP contribution in [0.1, 0.15) is 0 Å². The second-order valence-electron chi connectivity index (χ2n) is 4.04. The van der Waals surface area contributed by atoms with Crippen molar-refractivity contribution < 1.29 is 18.1 Å². The number of nitro groups is 1. The summed E-state index contributed by atoms with van der Waals surface area (Å²) in [4.78, 5) is 10.3. The second-order valence-corrected chi connectivity index (χ2v) is 5.20. The van der Waals surface area contributed by atoms with E-state index in [1.165, 1.54) is 6.07 Å². The first-order valence-electron chi connectivity index (χ1n) is 5.57. The molecule has 0 aliphatic carbocycles. The lowest BCUT2D eigenvalue weighted by molar-refractivity contribution is -0.383. The van der Waals surface area contributed by atoms with Crippen molar-refractivity contribution in [1.82, 2.24) is 9.78 Å². The van der Waals surface area contributed by atoms with Crippen molar-refractivity contribution in [3.8, 4) is 0 Å². The molecule has 21 heavy (non-hydrogen) atoms. The molecule has 0 amide bonds. The summed E-state index contributed by atoms with van der Waals surface area (Å²) >= 11 is 5.97. The quantitative estimate of drug-likeness (QED) is 0.522. The van der Waals surface area contributed by atoms with Gasteiger partial charge in [-0.15, -0.1) is 0 Å². The molecule has 0 aliphatic rings. The molecule has 0 saturated carbocycles. The first-order valence-corrected chi connectivity index (χ1v) is 7.45. The molecule has 1 heterocycles. The maximum Gasteiger partial charge on any atom is 0.408 e. The van der Waals surface area contributed by atoms with Crippen molar-refractivity contribution in [2.24, 2.45) is 0 Å². The summed E-state index contributed by atoms with van der Waals surface area (Å²) in [7, 11) is 0.152. The predicted molar refractivity (Wildman–Crippen MR) is 75.3 cm³/mol. The Morgan fingerprint density at radius 3 is 2.71 bits per heavy atom. The molecular weight excluding hydrogens is 332 g/mol. The fourth-order valence-electron chi connectivity index (χ4n) is 1.90. The van der Waals surface area contributed by atoms with Crippen LogP contribution in [0.15, 0.2) is 12.1 Å². The molecule has 114 valence electrons. The average Bonchev–Trinajstić information content (AvgIpc) is 2.67. The van der Waals surface area contributed by atoms with E-state index in [0.717, 1.165) is 6.07 Å². The molecule has 11 heteroatoms. The number of nitro benzene ring substituents is 1. The molecule has 1 unspecified atom stereocenters. The number of halogens is 4. The van der Waals surface area contributed by atoms with Crippen molar-refractivity contribution in [2.45, 2.75) is 12.7 Å². The van der Waals surface area contributed by atoms with Crippen LogP contribution < -0.4 is 5.09 Å². The zero-order chi connectivity index (χ0) is 15.8. The number of hydrogen-bond donors (Lipinski definition) is 1. The molecule has 0 spiro atoms. The van der Waals surface area contributed by atoms with Crippen LogP contribution >= 0.6 is 20.3 Å². The molecule has 6 nitrogen and oxygen atoms in total. The van der Waals surface area contributed by atoms with Crippen LogP contribution in [0.3, 0.4) is 0 Å². The smallest absolute Gasteiger partial charge is 0.350 e. The normalized spacial score (nSPS) is 12.4. The van der Waals surface area contributed by atoms with Crippen molar-refractivity contribution in [3.63, 3.8) is 0 Å². The van der Waals surface area contributed by atoms with E-state index >= 15 is 0 Å². The number of fused-ring (bicyclic) bond motifs is 1. The summed E-state index contributed by atoms with van der Waals surface area (Å²) < 4.78 is 38.4. The van der Waals surface area contributed by atoms with E-state index in [2.05, 4.69) is 10.2 Å². The van der Waals surface area contributed by atoms with Gasteiger partial charge in [-0.05, 0) is 21.5 Å². The van der Waals surface area contributed by atoms with Gasteiger partial charge in [0.25, 0.3) is 5.69 Å². The van der Waals surface area contributed by atoms with Gasteiger partial charge in [0.2, 0.25) is 0 Å². The molecular formula is C10H9ClF3N4O2P. The van der Waals surface area contributed by atoms with Gasteiger partial charge in [-0.2, -0.15) is 18.3 Å². The second kappa shape index (κ2) is 5.65. The van der Waals surface area contributed by atoms with Crippen LogP contribution in [-0.2, 0) is 6.54 Å². The SMILES string of the molecule is CPNc1nn(CC(F)(F)F)c2c([N+](=O)[O-])ccc(Cl)c12. The van der Waals surface area contributed by atoms with E-state index in [0.29, 0.717) is 4.68 Å². The number of benzene rings is 1. The molecule has 0 saturated heterocycles. The van der Waals surface area contributed by atoms with Gasteiger partial charge in [0, 0.05) is 6.07 Å². The first-order chi connectivity index (χ1) is 9.74. The zero-order valence-corrected chi connectivity index (χ0v) is 12.3. The lowest BCUT2D eigenvalue weighted by Crippen LogP contribution is -2.19. The van der Waals surface area contributed by atoms with Crippen LogP contribution in [0.2, 0.25) is 5.02 Å². The highest BCUT2D eigenvalue weighted by Crippen LogP contribution is 2.38. The van der Waals surface area contributed by atoms with Crippen LogP contribution in [0, 0.1) is 10.1 Å². The number of alkyl halides is 3. The maximum atomic E-state index is 12.6.